The van der Waals surface area contributed by atoms with Gasteiger partial charge in [0, 0.05) is 6.04 Å². The molecule has 4 unspecified atom stereocenters. The van der Waals surface area contributed by atoms with Gasteiger partial charge in [-0.1, -0.05) is 38.1 Å². The summed E-state index contributed by atoms with van der Waals surface area (Å²) in [5, 5.41) is 8.91. The molecular formula is C15H21NO2. The molecule has 1 aliphatic carbocycles. The Morgan fingerprint density at radius 2 is 1.94 bits per heavy atom. The van der Waals surface area contributed by atoms with E-state index in [1.165, 1.54) is 5.56 Å². The number of rotatable bonds is 5. The lowest BCUT2D eigenvalue weighted by Crippen LogP contribution is -2.15. The van der Waals surface area contributed by atoms with Crippen LogP contribution in [0.2, 0.25) is 0 Å². The van der Waals surface area contributed by atoms with Crippen molar-refractivity contribution in [3.63, 3.8) is 0 Å². The van der Waals surface area contributed by atoms with Gasteiger partial charge in [-0.3, -0.25) is 4.79 Å². The molecule has 0 radical (unpaired) electrons. The summed E-state index contributed by atoms with van der Waals surface area (Å²) in [6.45, 7) is 4.38. The fourth-order valence-electron chi connectivity index (χ4n) is 2.43. The van der Waals surface area contributed by atoms with E-state index in [0.29, 0.717) is 12.3 Å². The van der Waals surface area contributed by atoms with Crippen molar-refractivity contribution in [1.29, 1.82) is 0 Å². The molecule has 0 aliphatic heterocycles. The molecule has 4 atom stereocenters. The molecule has 3 nitrogen and oxygen atoms in total. The van der Waals surface area contributed by atoms with Crippen molar-refractivity contribution >= 4 is 5.97 Å². The Hall–Kier alpha value is -1.35. The summed E-state index contributed by atoms with van der Waals surface area (Å²) in [5.74, 6) is -0.291. The molecule has 0 spiro atoms. The number of nitrogens with two attached hydrogens (primary N) is 1. The highest BCUT2D eigenvalue weighted by Gasteiger charge is 2.47. The highest BCUT2D eigenvalue weighted by atomic mass is 16.4. The van der Waals surface area contributed by atoms with Crippen LogP contribution in [-0.2, 0) is 4.79 Å². The minimum absolute atomic E-state index is 0.108. The van der Waals surface area contributed by atoms with Crippen LogP contribution in [-0.4, -0.2) is 11.1 Å². The number of aliphatic carboxylic acids is 1. The topological polar surface area (TPSA) is 63.3 Å². The lowest BCUT2D eigenvalue weighted by atomic mass is 9.95. The maximum atomic E-state index is 10.8. The molecule has 1 aromatic carbocycles. The monoisotopic (exact) mass is 247 g/mol. The minimum atomic E-state index is -0.716. The van der Waals surface area contributed by atoms with E-state index in [2.05, 4.69) is 26.0 Å². The number of carboxylic acid groups (broad SMARTS) is 1. The van der Waals surface area contributed by atoms with Gasteiger partial charge < -0.3 is 10.8 Å². The van der Waals surface area contributed by atoms with Gasteiger partial charge in [-0.25, -0.2) is 0 Å². The molecule has 0 saturated heterocycles. The molecule has 1 saturated carbocycles. The first-order valence-electron chi connectivity index (χ1n) is 6.62. The summed E-state index contributed by atoms with van der Waals surface area (Å²) < 4.78 is 0. The molecule has 0 aromatic heterocycles. The largest absolute Gasteiger partial charge is 0.481 e. The summed E-state index contributed by atoms with van der Waals surface area (Å²) in [5.41, 5.74) is 8.49. The van der Waals surface area contributed by atoms with Gasteiger partial charge >= 0.3 is 5.97 Å². The highest BCUT2D eigenvalue weighted by molar-refractivity contribution is 5.73. The van der Waals surface area contributed by atoms with Gasteiger partial charge in [-0.05, 0) is 35.8 Å². The zero-order valence-electron chi connectivity index (χ0n) is 11.0. The number of carboxylic acids is 1. The fraction of sp³-hybridized carbons (Fsp3) is 0.533. The molecular weight excluding hydrogens is 226 g/mol. The van der Waals surface area contributed by atoms with Gasteiger partial charge in [0.2, 0.25) is 0 Å². The standard InChI is InChI=1S/C15H21NO2/c1-3-9(2)10-4-6-11(7-5-10)14(16)12-8-13(12)15(17)18/h4-7,9,12-14H,3,8,16H2,1-2H3,(H,17,18). The lowest BCUT2D eigenvalue weighted by molar-refractivity contribution is -0.138. The number of carbonyl (C=O) groups is 1. The Balaban J connectivity index is 2.04. The van der Waals surface area contributed by atoms with Crippen LogP contribution in [0.25, 0.3) is 0 Å². The first kappa shape index (κ1) is 13.1. The summed E-state index contributed by atoms with van der Waals surface area (Å²) in [7, 11) is 0. The third kappa shape index (κ3) is 2.56. The van der Waals surface area contributed by atoms with E-state index in [1.54, 1.807) is 0 Å². The maximum Gasteiger partial charge on any atom is 0.306 e. The first-order chi connectivity index (χ1) is 8.54. The molecule has 0 amide bonds. The predicted octanol–water partition coefficient (Wildman–Crippen LogP) is 2.92. The van der Waals surface area contributed by atoms with Gasteiger partial charge in [0.15, 0.2) is 0 Å². The van der Waals surface area contributed by atoms with Crippen molar-refractivity contribution in [2.45, 2.75) is 38.6 Å². The molecule has 1 aliphatic rings. The molecule has 2 rings (SSSR count). The summed E-state index contributed by atoms with van der Waals surface area (Å²) in [6, 6.07) is 8.17. The molecule has 3 N–H and O–H groups in total. The average molecular weight is 247 g/mol. The fourth-order valence-corrected chi connectivity index (χ4v) is 2.43. The first-order valence-corrected chi connectivity index (χ1v) is 6.62. The Kier molecular flexibility index (Phi) is 3.71. The SMILES string of the molecule is CCC(C)c1ccc(C(N)C2CC2C(=O)O)cc1. The molecule has 98 valence electrons. The van der Waals surface area contributed by atoms with Crippen LogP contribution in [0.15, 0.2) is 24.3 Å². The van der Waals surface area contributed by atoms with E-state index >= 15 is 0 Å². The zero-order chi connectivity index (χ0) is 13.3. The predicted molar refractivity (Wildman–Crippen MR) is 71.3 cm³/mol. The summed E-state index contributed by atoms with van der Waals surface area (Å²) >= 11 is 0. The van der Waals surface area contributed by atoms with Crippen LogP contribution in [0.3, 0.4) is 0 Å². The lowest BCUT2D eigenvalue weighted by Gasteiger charge is -2.14. The van der Waals surface area contributed by atoms with E-state index < -0.39 is 5.97 Å². The summed E-state index contributed by atoms with van der Waals surface area (Å²) in [6.07, 6.45) is 1.83. The number of hydrogen-bond acceptors (Lipinski definition) is 2. The van der Waals surface area contributed by atoms with E-state index in [-0.39, 0.29) is 17.9 Å². The zero-order valence-corrected chi connectivity index (χ0v) is 11.0. The van der Waals surface area contributed by atoms with Crippen LogP contribution < -0.4 is 5.73 Å². The van der Waals surface area contributed by atoms with Crippen molar-refractivity contribution in [2.75, 3.05) is 0 Å². The van der Waals surface area contributed by atoms with Gasteiger partial charge in [0.1, 0.15) is 0 Å². The molecule has 3 heteroatoms. The third-order valence-corrected chi connectivity index (χ3v) is 4.12. The molecule has 18 heavy (non-hydrogen) atoms. The van der Waals surface area contributed by atoms with E-state index in [4.69, 9.17) is 10.8 Å². The second kappa shape index (κ2) is 5.11. The van der Waals surface area contributed by atoms with Gasteiger partial charge in [-0.15, -0.1) is 0 Å². The average Bonchev–Trinajstić information content (AvgIpc) is 3.17. The second-order valence-corrected chi connectivity index (χ2v) is 5.35. The molecule has 0 heterocycles. The van der Waals surface area contributed by atoms with Gasteiger partial charge in [-0.2, -0.15) is 0 Å². The van der Waals surface area contributed by atoms with Crippen LogP contribution in [0.4, 0.5) is 0 Å². The molecule has 1 fully saturated rings. The van der Waals surface area contributed by atoms with Crippen LogP contribution in [0, 0.1) is 11.8 Å². The van der Waals surface area contributed by atoms with Gasteiger partial charge in [0.05, 0.1) is 5.92 Å². The molecule has 0 bridgehead atoms. The normalized spacial score (nSPS) is 25.5. The smallest absolute Gasteiger partial charge is 0.306 e. The Bertz CT molecular complexity index is 427. The highest BCUT2D eigenvalue weighted by Crippen LogP contribution is 2.46. The Labute approximate surface area is 108 Å². The van der Waals surface area contributed by atoms with E-state index in [1.807, 2.05) is 12.1 Å². The third-order valence-electron chi connectivity index (χ3n) is 4.12. The maximum absolute atomic E-state index is 10.8. The minimum Gasteiger partial charge on any atom is -0.481 e. The second-order valence-electron chi connectivity index (χ2n) is 5.35. The van der Waals surface area contributed by atoms with E-state index in [0.717, 1.165) is 12.0 Å². The quantitative estimate of drug-likeness (QED) is 0.841. The Morgan fingerprint density at radius 1 is 1.39 bits per heavy atom. The van der Waals surface area contributed by atoms with Crippen molar-refractivity contribution in [3.8, 4) is 0 Å². The number of benzene rings is 1. The van der Waals surface area contributed by atoms with Crippen LogP contribution >= 0.6 is 0 Å². The van der Waals surface area contributed by atoms with Crippen molar-refractivity contribution < 1.29 is 9.90 Å². The van der Waals surface area contributed by atoms with Crippen LogP contribution in [0.5, 0.6) is 0 Å². The number of hydrogen-bond donors (Lipinski definition) is 2. The van der Waals surface area contributed by atoms with Crippen molar-refractivity contribution in [2.24, 2.45) is 17.6 Å². The van der Waals surface area contributed by atoms with Gasteiger partial charge in [0.25, 0.3) is 0 Å². The molecule has 1 aromatic rings. The van der Waals surface area contributed by atoms with Crippen LogP contribution in [0.1, 0.15) is 49.8 Å². The summed E-state index contributed by atoms with van der Waals surface area (Å²) in [4.78, 5) is 10.8. The van der Waals surface area contributed by atoms with E-state index in [9.17, 15) is 4.79 Å². The Morgan fingerprint density at radius 3 is 2.39 bits per heavy atom. The van der Waals surface area contributed by atoms with Crippen molar-refractivity contribution in [1.82, 2.24) is 0 Å². The van der Waals surface area contributed by atoms with Crippen molar-refractivity contribution in [3.05, 3.63) is 35.4 Å².